The molecule has 0 atom stereocenters. The highest BCUT2D eigenvalue weighted by atomic mass is 15.3. The molecular weight excluding hydrogens is 260 g/mol. The van der Waals surface area contributed by atoms with E-state index in [1.54, 1.807) is 0 Å². The number of pyridine rings is 1. The summed E-state index contributed by atoms with van der Waals surface area (Å²) in [5.41, 5.74) is 2.65. The lowest BCUT2D eigenvalue weighted by Gasteiger charge is -2.37. The fourth-order valence-corrected chi connectivity index (χ4v) is 2.82. The highest BCUT2D eigenvalue weighted by Gasteiger charge is 2.19. The summed E-state index contributed by atoms with van der Waals surface area (Å²) in [5, 5.41) is 1.20. The van der Waals surface area contributed by atoms with Gasteiger partial charge in [-0.15, -0.1) is 0 Å². The van der Waals surface area contributed by atoms with Crippen molar-refractivity contribution < 1.29 is 0 Å². The van der Waals surface area contributed by atoms with Crippen LogP contribution in [0.4, 0.5) is 5.69 Å². The Hall–Kier alpha value is -1.55. The van der Waals surface area contributed by atoms with Gasteiger partial charge in [0.25, 0.3) is 0 Å². The second-order valence-corrected chi connectivity index (χ2v) is 7.25. The lowest BCUT2D eigenvalue weighted by Crippen LogP contribution is -2.47. The zero-order valence-electron chi connectivity index (χ0n) is 13.4. The van der Waals surface area contributed by atoms with Crippen LogP contribution in [0.2, 0.25) is 0 Å². The minimum Gasteiger partial charge on any atom is -0.368 e. The van der Waals surface area contributed by atoms with Crippen LogP contribution in [0.3, 0.4) is 0 Å². The van der Waals surface area contributed by atoms with Crippen LogP contribution < -0.4 is 4.90 Å². The number of nitrogens with zero attached hydrogens (tertiary/aromatic N) is 3. The molecule has 1 aliphatic rings. The molecule has 0 radical (unpaired) electrons. The van der Waals surface area contributed by atoms with Gasteiger partial charge in [0.1, 0.15) is 5.65 Å². The Morgan fingerprint density at radius 1 is 1.19 bits per heavy atom. The van der Waals surface area contributed by atoms with Gasteiger partial charge < -0.3 is 9.88 Å². The normalized spacial score (nSPS) is 17.6. The lowest BCUT2D eigenvalue weighted by atomic mass is 9.92. The van der Waals surface area contributed by atoms with Crippen molar-refractivity contribution in [3.8, 4) is 0 Å². The Balaban J connectivity index is 1.57. The average molecular weight is 286 g/mol. The average Bonchev–Trinajstić information content (AvgIpc) is 2.92. The summed E-state index contributed by atoms with van der Waals surface area (Å²) in [6, 6.07) is 4.33. The molecule has 1 N–H and O–H groups in total. The molecular formula is C17H26N4. The van der Waals surface area contributed by atoms with Crippen LogP contribution >= 0.6 is 0 Å². The second-order valence-electron chi connectivity index (χ2n) is 7.25. The number of piperazine rings is 1. The van der Waals surface area contributed by atoms with Crippen molar-refractivity contribution in [2.75, 3.05) is 37.6 Å². The van der Waals surface area contributed by atoms with Gasteiger partial charge in [0.05, 0.1) is 11.9 Å². The molecule has 0 amide bonds. The molecule has 1 saturated heterocycles. The Kier molecular flexibility index (Phi) is 3.89. The molecule has 3 heterocycles. The van der Waals surface area contributed by atoms with Gasteiger partial charge in [0, 0.05) is 37.8 Å². The zero-order valence-corrected chi connectivity index (χ0v) is 13.4. The van der Waals surface area contributed by atoms with E-state index in [0.717, 1.165) is 31.8 Å². The molecule has 114 valence electrons. The summed E-state index contributed by atoms with van der Waals surface area (Å²) in [6.45, 7) is 12.7. The van der Waals surface area contributed by atoms with E-state index in [-0.39, 0.29) is 0 Å². The Morgan fingerprint density at radius 3 is 2.67 bits per heavy atom. The maximum atomic E-state index is 4.49. The number of nitrogens with one attached hydrogen (secondary N) is 1. The number of hydrogen-bond acceptors (Lipinski definition) is 3. The van der Waals surface area contributed by atoms with Crippen molar-refractivity contribution in [1.82, 2.24) is 14.9 Å². The number of aromatic nitrogens is 2. The first-order valence-electron chi connectivity index (χ1n) is 7.92. The summed E-state index contributed by atoms with van der Waals surface area (Å²) >= 11 is 0. The monoisotopic (exact) mass is 286 g/mol. The standard InChI is InChI=1S/C17H26N4/c1-17(2,3)5-7-20-8-10-21(11-9-20)15-12-14-4-6-18-16(14)19-13-15/h4,6,12-13H,5,7-11H2,1-3H3,(H,18,19). The zero-order chi connectivity index (χ0) is 14.9. The van der Waals surface area contributed by atoms with Crippen LogP contribution in [0.5, 0.6) is 0 Å². The molecule has 0 aromatic carbocycles. The van der Waals surface area contributed by atoms with Gasteiger partial charge in [-0.1, -0.05) is 20.8 Å². The Bertz CT molecular complexity index is 588. The van der Waals surface area contributed by atoms with Crippen LogP contribution in [-0.4, -0.2) is 47.6 Å². The summed E-state index contributed by atoms with van der Waals surface area (Å²) < 4.78 is 0. The third-order valence-electron chi connectivity index (χ3n) is 4.30. The van der Waals surface area contributed by atoms with Gasteiger partial charge in [0.15, 0.2) is 0 Å². The van der Waals surface area contributed by atoms with Gasteiger partial charge >= 0.3 is 0 Å². The number of H-pyrrole nitrogens is 1. The van der Waals surface area contributed by atoms with Gasteiger partial charge in [-0.05, 0) is 30.5 Å². The number of anilines is 1. The summed E-state index contributed by atoms with van der Waals surface area (Å²) in [7, 11) is 0. The number of hydrogen-bond donors (Lipinski definition) is 1. The van der Waals surface area contributed by atoms with Crippen LogP contribution in [0, 0.1) is 5.41 Å². The largest absolute Gasteiger partial charge is 0.368 e. The van der Waals surface area contributed by atoms with Gasteiger partial charge in [-0.2, -0.15) is 0 Å². The molecule has 4 nitrogen and oxygen atoms in total. The smallest absolute Gasteiger partial charge is 0.137 e. The molecule has 4 heteroatoms. The van der Waals surface area contributed by atoms with Crippen LogP contribution in [-0.2, 0) is 0 Å². The van der Waals surface area contributed by atoms with Crippen molar-refractivity contribution in [3.05, 3.63) is 24.5 Å². The van der Waals surface area contributed by atoms with Crippen molar-refractivity contribution >= 4 is 16.7 Å². The molecule has 1 aliphatic heterocycles. The fourth-order valence-electron chi connectivity index (χ4n) is 2.82. The summed E-state index contributed by atoms with van der Waals surface area (Å²) in [4.78, 5) is 12.7. The summed E-state index contributed by atoms with van der Waals surface area (Å²) in [5.74, 6) is 0. The van der Waals surface area contributed by atoms with Crippen molar-refractivity contribution in [2.24, 2.45) is 5.41 Å². The first kappa shape index (κ1) is 14.4. The fraction of sp³-hybridized carbons (Fsp3) is 0.588. The molecule has 3 rings (SSSR count). The quantitative estimate of drug-likeness (QED) is 0.941. The predicted octanol–water partition coefficient (Wildman–Crippen LogP) is 3.12. The van der Waals surface area contributed by atoms with Gasteiger partial charge in [-0.25, -0.2) is 4.98 Å². The Labute approximate surface area is 127 Å². The number of fused-ring (bicyclic) bond motifs is 1. The SMILES string of the molecule is CC(C)(C)CCN1CCN(c2cnc3[nH]ccc3c2)CC1. The van der Waals surface area contributed by atoms with Gasteiger partial charge in [-0.3, -0.25) is 4.90 Å². The van der Waals surface area contributed by atoms with E-state index in [1.165, 1.54) is 24.0 Å². The highest BCUT2D eigenvalue weighted by Crippen LogP contribution is 2.22. The molecule has 2 aromatic rings. The van der Waals surface area contributed by atoms with E-state index in [4.69, 9.17) is 0 Å². The molecule has 21 heavy (non-hydrogen) atoms. The molecule has 0 unspecified atom stereocenters. The second kappa shape index (κ2) is 5.68. The third-order valence-corrected chi connectivity index (χ3v) is 4.30. The van der Waals surface area contributed by atoms with Crippen LogP contribution in [0.1, 0.15) is 27.2 Å². The first-order valence-corrected chi connectivity index (χ1v) is 7.92. The van der Waals surface area contributed by atoms with Crippen LogP contribution in [0.15, 0.2) is 24.5 Å². The molecule has 0 spiro atoms. The molecule has 2 aromatic heterocycles. The minimum absolute atomic E-state index is 0.431. The number of rotatable bonds is 3. The molecule has 0 bridgehead atoms. The highest BCUT2D eigenvalue weighted by molar-refractivity contribution is 5.79. The van der Waals surface area contributed by atoms with Gasteiger partial charge in [0.2, 0.25) is 0 Å². The van der Waals surface area contributed by atoms with E-state index in [1.807, 2.05) is 12.4 Å². The third kappa shape index (κ3) is 3.56. The summed E-state index contributed by atoms with van der Waals surface area (Å²) in [6.07, 6.45) is 5.21. The molecule has 0 aliphatic carbocycles. The van der Waals surface area contributed by atoms with E-state index in [2.05, 4.69) is 52.7 Å². The number of aromatic amines is 1. The minimum atomic E-state index is 0.431. The van der Waals surface area contributed by atoms with E-state index >= 15 is 0 Å². The molecule has 0 saturated carbocycles. The van der Waals surface area contributed by atoms with Crippen molar-refractivity contribution in [1.29, 1.82) is 0 Å². The van der Waals surface area contributed by atoms with E-state index in [9.17, 15) is 0 Å². The lowest BCUT2D eigenvalue weighted by molar-refractivity contribution is 0.217. The van der Waals surface area contributed by atoms with E-state index < -0.39 is 0 Å². The van der Waals surface area contributed by atoms with E-state index in [0.29, 0.717) is 5.41 Å². The van der Waals surface area contributed by atoms with Crippen molar-refractivity contribution in [3.63, 3.8) is 0 Å². The van der Waals surface area contributed by atoms with Crippen LogP contribution in [0.25, 0.3) is 11.0 Å². The van der Waals surface area contributed by atoms with Crippen molar-refractivity contribution in [2.45, 2.75) is 27.2 Å². The maximum Gasteiger partial charge on any atom is 0.137 e. The topological polar surface area (TPSA) is 35.2 Å². The predicted molar refractivity (Wildman–Crippen MR) is 88.8 cm³/mol. The first-order chi connectivity index (χ1) is 10.0. The molecule has 1 fully saturated rings. The maximum absolute atomic E-state index is 4.49. The Morgan fingerprint density at radius 2 is 1.95 bits per heavy atom.